The van der Waals surface area contributed by atoms with Crippen LogP contribution in [0.1, 0.15) is 31.0 Å². The molecule has 0 radical (unpaired) electrons. The lowest BCUT2D eigenvalue weighted by atomic mass is 10.1. The van der Waals surface area contributed by atoms with Crippen LogP contribution in [0, 0.1) is 0 Å². The van der Waals surface area contributed by atoms with Gasteiger partial charge in [-0.2, -0.15) is 0 Å². The van der Waals surface area contributed by atoms with Crippen molar-refractivity contribution in [3.63, 3.8) is 0 Å². The van der Waals surface area contributed by atoms with E-state index in [9.17, 15) is 8.42 Å². The van der Waals surface area contributed by atoms with Crippen molar-refractivity contribution in [3.05, 3.63) is 84.1 Å². The highest BCUT2D eigenvalue weighted by Crippen LogP contribution is 2.20. The summed E-state index contributed by atoms with van der Waals surface area (Å²) in [5.41, 5.74) is 2.67. The number of rotatable bonds is 7. The molecule has 2 N–H and O–H groups in total. The highest BCUT2D eigenvalue weighted by atomic mass is 32.2. The second kappa shape index (κ2) is 8.22. The van der Waals surface area contributed by atoms with E-state index in [1.807, 2.05) is 56.3 Å². The molecule has 27 heavy (non-hydrogen) atoms. The molecule has 2 aromatic carbocycles. The highest BCUT2D eigenvalue weighted by Gasteiger charge is 2.14. The second-order valence-corrected chi connectivity index (χ2v) is 7.99. The van der Waals surface area contributed by atoms with Crippen LogP contribution >= 0.6 is 0 Å². The van der Waals surface area contributed by atoms with Gasteiger partial charge in [0.2, 0.25) is 0 Å². The van der Waals surface area contributed by atoms with Gasteiger partial charge in [0.25, 0.3) is 10.0 Å². The number of sulfonamides is 1. The molecule has 3 aromatic rings. The van der Waals surface area contributed by atoms with Crippen molar-refractivity contribution in [3.8, 4) is 0 Å². The maximum Gasteiger partial charge on any atom is 0.261 e. The van der Waals surface area contributed by atoms with Crippen molar-refractivity contribution in [1.29, 1.82) is 0 Å². The van der Waals surface area contributed by atoms with Gasteiger partial charge in [-0.05, 0) is 48.7 Å². The van der Waals surface area contributed by atoms with Crippen molar-refractivity contribution in [2.45, 2.75) is 31.2 Å². The molecule has 0 aliphatic heterocycles. The number of anilines is 2. The van der Waals surface area contributed by atoms with E-state index in [-0.39, 0.29) is 10.9 Å². The minimum atomic E-state index is -3.63. The number of hydrogen-bond donors (Lipinski definition) is 2. The van der Waals surface area contributed by atoms with Crippen LogP contribution in [0.3, 0.4) is 0 Å². The summed E-state index contributed by atoms with van der Waals surface area (Å²) in [6, 6.07) is 20.5. The van der Waals surface area contributed by atoms with E-state index in [4.69, 9.17) is 0 Å². The molecule has 1 unspecified atom stereocenters. The Balaban J connectivity index is 1.67. The average Bonchev–Trinajstić information content (AvgIpc) is 2.70. The molecule has 6 heteroatoms. The zero-order valence-corrected chi connectivity index (χ0v) is 16.2. The smallest absolute Gasteiger partial charge is 0.261 e. The molecular formula is C21H23N3O2S. The first-order valence-electron chi connectivity index (χ1n) is 8.87. The number of aromatic nitrogens is 1. The second-order valence-electron chi connectivity index (χ2n) is 6.31. The van der Waals surface area contributed by atoms with Crippen molar-refractivity contribution in [2.24, 2.45) is 0 Å². The molecule has 140 valence electrons. The van der Waals surface area contributed by atoms with E-state index < -0.39 is 10.0 Å². The molecule has 0 bridgehead atoms. The quantitative estimate of drug-likeness (QED) is 0.626. The van der Waals surface area contributed by atoms with Gasteiger partial charge in [-0.25, -0.2) is 13.4 Å². The lowest BCUT2D eigenvalue weighted by molar-refractivity contribution is 0.601. The minimum absolute atomic E-state index is 0.0957. The predicted octanol–water partition coefficient (Wildman–Crippen LogP) is 4.62. The Morgan fingerprint density at radius 3 is 2.26 bits per heavy atom. The SMILES string of the molecule is CCc1ccc(S(=O)(=O)Nc2ccc(NC(C)c3ccccc3)nc2)cc1. The predicted molar refractivity (Wildman–Crippen MR) is 109 cm³/mol. The van der Waals surface area contributed by atoms with E-state index in [1.54, 1.807) is 24.3 Å². The summed E-state index contributed by atoms with van der Waals surface area (Å²) < 4.78 is 27.6. The summed E-state index contributed by atoms with van der Waals surface area (Å²) in [4.78, 5) is 4.55. The Kier molecular flexibility index (Phi) is 5.76. The number of nitrogens with one attached hydrogen (secondary N) is 2. The van der Waals surface area contributed by atoms with E-state index in [2.05, 4.69) is 15.0 Å². The van der Waals surface area contributed by atoms with E-state index in [0.29, 0.717) is 11.5 Å². The van der Waals surface area contributed by atoms with E-state index >= 15 is 0 Å². The summed E-state index contributed by atoms with van der Waals surface area (Å²) in [5.74, 6) is 0.682. The number of benzene rings is 2. The van der Waals surface area contributed by atoms with Crippen LogP contribution in [0.15, 0.2) is 77.8 Å². The molecule has 5 nitrogen and oxygen atoms in total. The monoisotopic (exact) mass is 381 g/mol. The summed E-state index contributed by atoms with van der Waals surface area (Å²) in [7, 11) is -3.63. The van der Waals surface area contributed by atoms with E-state index in [0.717, 1.165) is 17.5 Å². The molecule has 0 fully saturated rings. The molecule has 1 aromatic heterocycles. The van der Waals surface area contributed by atoms with Crippen LogP contribution in [0.4, 0.5) is 11.5 Å². The van der Waals surface area contributed by atoms with Gasteiger partial charge in [0.05, 0.1) is 16.8 Å². The van der Waals surface area contributed by atoms with Crippen LogP contribution in [-0.4, -0.2) is 13.4 Å². The van der Waals surface area contributed by atoms with Crippen LogP contribution in [0.2, 0.25) is 0 Å². The third-order valence-corrected chi connectivity index (χ3v) is 5.72. The molecule has 3 rings (SSSR count). The minimum Gasteiger partial charge on any atom is -0.364 e. The van der Waals surface area contributed by atoms with Crippen molar-refractivity contribution in [2.75, 3.05) is 10.0 Å². The third-order valence-electron chi connectivity index (χ3n) is 4.32. The Labute approximate surface area is 160 Å². The highest BCUT2D eigenvalue weighted by molar-refractivity contribution is 7.92. The van der Waals surface area contributed by atoms with Crippen LogP contribution in [-0.2, 0) is 16.4 Å². The topological polar surface area (TPSA) is 71.1 Å². The van der Waals surface area contributed by atoms with Crippen molar-refractivity contribution < 1.29 is 8.42 Å². The van der Waals surface area contributed by atoms with Gasteiger partial charge in [0, 0.05) is 6.04 Å². The molecule has 0 aliphatic carbocycles. The molecular weight excluding hydrogens is 358 g/mol. The Morgan fingerprint density at radius 1 is 0.963 bits per heavy atom. The first-order chi connectivity index (χ1) is 13.0. The molecule has 0 spiro atoms. The van der Waals surface area contributed by atoms with Crippen molar-refractivity contribution in [1.82, 2.24) is 4.98 Å². The number of hydrogen-bond acceptors (Lipinski definition) is 4. The Hall–Kier alpha value is -2.86. The van der Waals surface area contributed by atoms with Gasteiger partial charge in [-0.15, -0.1) is 0 Å². The first kappa shape index (κ1) is 18.9. The average molecular weight is 382 g/mol. The largest absolute Gasteiger partial charge is 0.364 e. The van der Waals surface area contributed by atoms with Gasteiger partial charge in [-0.3, -0.25) is 4.72 Å². The maximum atomic E-state index is 12.5. The molecule has 0 aliphatic rings. The van der Waals surface area contributed by atoms with Crippen LogP contribution < -0.4 is 10.0 Å². The molecule has 1 atom stereocenters. The van der Waals surface area contributed by atoms with Gasteiger partial charge in [0.1, 0.15) is 5.82 Å². The lowest BCUT2D eigenvalue weighted by Crippen LogP contribution is -2.13. The number of pyridine rings is 1. The van der Waals surface area contributed by atoms with Gasteiger partial charge in [-0.1, -0.05) is 49.4 Å². The Bertz CT molecular complexity index is 970. The zero-order chi connectivity index (χ0) is 19.3. The van der Waals surface area contributed by atoms with Crippen molar-refractivity contribution >= 4 is 21.5 Å². The summed E-state index contributed by atoms with van der Waals surface area (Å²) in [5, 5.41) is 3.30. The zero-order valence-electron chi connectivity index (χ0n) is 15.4. The number of nitrogens with zero attached hydrogens (tertiary/aromatic N) is 1. The van der Waals surface area contributed by atoms with Gasteiger partial charge in [0.15, 0.2) is 0 Å². The maximum absolute atomic E-state index is 12.5. The fraction of sp³-hybridized carbons (Fsp3) is 0.190. The molecule has 0 saturated carbocycles. The summed E-state index contributed by atoms with van der Waals surface area (Å²) in [6.45, 7) is 4.08. The fourth-order valence-corrected chi connectivity index (χ4v) is 3.75. The standard InChI is InChI=1S/C21H23N3O2S/c1-3-17-9-12-20(13-10-17)27(25,26)24-19-11-14-21(22-15-19)23-16(2)18-7-5-4-6-8-18/h4-16,24H,3H2,1-2H3,(H,22,23). The fourth-order valence-electron chi connectivity index (χ4n) is 2.70. The Morgan fingerprint density at radius 2 is 1.67 bits per heavy atom. The normalized spacial score (nSPS) is 12.4. The van der Waals surface area contributed by atoms with Gasteiger partial charge >= 0.3 is 0 Å². The first-order valence-corrected chi connectivity index (χ1v) is 10.4. The third kappa shape index (κ3) is 4.86. The number of aryl methyl sites for hydroxylation is 1. The molecule has 0 amide bonds. The van der Waals surface area contributed by atoms with Gasteiger partial charge < -0.3 is 5.32 Å². The summed E-state index contributed by atoms with van der Waals surface area (Å²) >= 11 is 0. The van der Waals surface area contributed by atoms with E-state index in [1.165, 1.54) is 6.20 Å². The summed E-state index contributed by atoms with van der Waals surface area (Å²) in [6.07, 6.45) is 2.38. The lowest BCUT2D eigenvalue weighted by Gasteiger charge is -2.15. The van der Waals surface area contributed by atoms with Crippen LogP contribution in [0.5, 0.6) is 0 Å². The molecule has 1 heterocycles. The van der Waals surface area contributed by atoms with Crippen LogP contribution in [0.25, 0.3) is 0 Å². The molecule has 0 saturated heterocycles.